The van der Waals surface area contributed by atoms with Crippen molar-refractivity contribution in [2.45, 2.75) is 24.6 Å². The van der Waals surface area contributed by atoms with Crippen molar-refractivity contribution in [2.24, 2.45) is 5.73 Å². The number of para-hydroxylation sites is 1. The lowest BCUT2D eigenvalue weighted by Crippen LogP contribution is -2.30. The zero-order valence-corrected chi connectivity index (χ0v) is 12.4. The molecule has 0 amide bonds. The number of nitrogens with two attached hydrogens (primary N) is 1. The zero-order chi connectivity index (χ0) is 13.6. The fourth-order valence-corrected chi connectivity index (χ4v) is 6.68. The van der Waals surface area contributed by atoms with Crippen molar-refractivity contribution >= 4 is 32.5 Å². The van der Waals surface area contributed by atoms with E-state index >= 15 is 0 Å². The van der Waals surface area contributed by atoms with Gasteiger partial charge in [0.15, 0.2) is 9.84 Å². The molecule has 2 aliphatic heterocycles. The predicted molar refractivity (Wildman–Crippen MR) is 78.8 cm³/mol. The molecule has 0 saturated carbocycles. The van der Waals surface area contributed by atoms with Crippen LogP contribution in [-0.4, -0.2) is 41.0 Å². The molecule has 2 aliphatic rings. The summed E-state index contributed by atoms with van der Waals surface area (Å²) in [5.74, 6) is 0.456. The molecule has 0 aliphatic carbocycles. The Hall–Kier alpha value is -1.01. The minimum Gasteiger partial charge on any atom is -0.281 e. The van der Waals surface area contributed by atoms with Crippen LogP contribution in [0.3, 0.4) is 0 Å². The number of hydrogen-bond donors (Lipinski definition) is 1. The molecule has 0 aromatic heterocycles. The van der Waals surface area contributed by atoms with Gasteiger partial charge in [-0.05, 0) is 29.8 Å². The number of benzene rings is 1. The summed E-state index contributed by atoms with van der Waals surface area (Å²) in [6.07, 6.45) is 0.911. The van der Waals surface area contributed by atoms with Crippen LogP contribution in [0.15, 0.2) is 24.3 Å². The van der Waals surface area contributed by atoms with Gasteiger partial charge in [-0.15, -0.1) is 0 Å². The van der Waals surface area contributed by atoms with E-state index in [1.54, 1.807) is 0 Å². The molecular weight excluding hydrogens is 280 g/mol. The summed E-state index contributed by atoms with van der Waals surface area (Å²) in [7, 11) is -2.92. The number of fused-ring (bicyclic) bond motifs is 1. The van der Waals surface area contributed by atoms with E-state index in [0.29, 0.717) is 0 Å². The summed E-state index contributed by atoms with van der Waals surface area (Å²) in [4.78, 5) is 0. The smallest absolute Gasteiger partial charge is 0.281 e. The van der Waals surface area contributed by atoms with Crippen molar-refractivity contribution in [3.63, 3.8) is 0 Å². The average molecular weight is 297 g/mol. The van der Waals surface area contributed by atoms with Crippen LogP contribution >= 0.6 is 11.8 Å². The van der Waals surface area contributed by atoms with Gasteiger partial charge in [-0.25, -0.2) is 13.0 Å². The molecule has 1 aromatic carbocycles. The number of thioether (sulfide) groups is 1. The Bertz CT molecular complexity index is 652. The normalized spacial score (nSPS) is 28.7. The lowest BCUT2D eigenvalue weighted by Gasteiger charge is -2.13. The third kappa shape index (κ3) is 2.17. The monoisotopic (exact) mass is 297 g/mol. The molecule has 2 N–H and O–H groups in total. The third-order valence-electron chi connectivity index (χ3n) is 3.75. The van der Waals surface area contributed by atoms with Crippen LogP contribution in [0.2, 0.25) is 0 Å². The van der Waals surface area contributed by atoms with Crippen molar-refractivity contribution < 1.29 is 13.0 Å². The molecule has 4 nitrogen and oxygen atoms in total. The first-order valence-corrected chi connectivity index (χ1v) is 9.08. The SMILES string of the molecule is CCc1ccccc1[N+]1=C(N)SC2CS(=O)(=O)CC21. The molecule has 2 heterocycles. The van der Waals surface area contributed by atoms with Crippen molar-refractivity contribution in [3.8, 4) is 0 Å². The van der Waals surface area contributed by atoms with E-state index < -0.39 is 9.84 Å². The Balaban J connectivity index is 2.07. The van der Waals surface area contributed by atoms with Crippen LogP contribution in [0, 0.1) is 0 Å². The van der Waals surface area contributed by atoms with Gasteiger partial charge >= 0.3 is 5.17 Å². The molecule has 102 valence electrons. The molecule has 2 unspecified atom stereocenters. The fraction of sp³-hybridized carbons (Fsp3) is 0.462. The van der Waals surface area contributed by atoms with Crippen LogP contribution in [0.1, 0.15) is 12.5 Å². The molecule has 6 heteroatoms. The highest BCUT2D eigenvalue weighted by Gasteiger charge is 2.50. The molecule has 0 radical (unpaired) electrons. The quantitative estimate of drug-likeness (QED) is 0.831. The first kappa shape index (κ1) is 13.0. The molecule has 0 bridgehead atoms. The maximum atomic E-state index is 11.8. The maximum absolute atomic E-state index is 11.8. The van der Waals surface area contributed by atoms with Gasteiger partial charge in [-0.1, -0.05) is 25.1 Å². The van der Waals surface area contributed by atoms with Crippen molar-refractivity contribution in [2.75, 3.05) is 11.5 Å². The molecule has 0 spiro atoms. The summed E-state index contributed by atoms with van der Waals surface area (Å²) in [5, 5.41) is 0.806. The van der Waals surface area contributed by atoms with Gasteiger partial charge in [-0.2, -0.15) is 0 Å². The van der Waals surface area contributed by atoms with Gasteiger partial charge in [-0.3, -0.25) is 5.73 Å². The number of aryl methyl sites for hydroxylation is 1. The lowest BCUT2D eigenvalue weighted by atomic mass is 10.1. The third-order valence-corrected chi connectivity index (χ3v) is 6.89. The highest BCUT2D eigenvalue weighted by atomic mass is 32.2. The number of rotatable bonds is 2. The van der Waals surface area contributed by atoms with Crippen molar-refractivity contribution in [1.82, 2.24) is 0 Å². The standard InChI is InChI=1S/C13H16N2O2S2/c1-2-9-5-3-4-6-10(9)15-11-7-19(16,17)8-12(11)18-13(15)14/h3-6,11-12,14H,2,7-8H2,1H3/p+1. The van der Waals surface area contributed by atoms with E-state index in [1.165, 1.54) is 17.3 Å². The Morgan fingerprint density at radius 1 is 1.37 bits per heavy atom. The van der Waals surface area contributed by atoms with Gasteiger partial charge in [0, 0.05) is 0 Å². The summed E-state index contributed by atoms with van der Waals surface area (Å²) < 4.78 is 25.6. The van der Waals surface area contributed by atoms with E-state index in [4.69, 9.17) is 5.73 Å². The number of nitrogens with zero attached hydrogens (tertiary/aromatic N) is 1. The molecule has 2 atom stereocenters. The molecule has 19 heavy (non-hydrogen) atoms. The molecular formula is C13H17N2O2S2+. The Kier molecular flexibility index (Phi) is 3.09. The first-order valence-electron chi connectivity index (χ1n) is 6.38. The van der Waals surface area contributed by atoms with E-state index in [0.717, 1.165) is 17.3 Å². The fourth-order valence-electron chi connectivity index (χ4n) is 2.87. The Morgan fingerprint density at radius 2 is 2.11 bits per heavy atom. The van der Waals surface area contributed by atoms with E-state index in [2.05, 4.69) is 13.0 Å². The number of hydrogen-bond acceptors (Lipinski definition) is 4. The number of amidine groups is 1. The molecule has 3 rings (SSSR count). The number of sulfone groups is 1. The summed E-state index contributed by atoms with van der Waals surface area (Å²) in [5.41, 5.74) is 8.38. The van der Waals surface area contributed by atoms with Crippen LogP contribution < -0.4 is 5.73 Å². The van der Waals surface area contributed by atoms with Crippen LogP contribution in [0.4, 0.5) is 5.69 Å². The highest BCUT2D eigenvalue weighted by Crippen LogP contribution is 2.37. The highest BCUT2D eigenvalue weighted by molar-refractivity contribution is 8.15. The van der Waals surface area contributed by atoms with Gasteiger partial charge < -0.3 is 0 Å². The van der Waals surface area contributed by atoms with Crippen molar-refractivity contribution in [3.05, 3.63) is 29.8 Å². The average Bonchev–Trinajstić information content (AvgIpc) is 2.79. The second kappa shape index (κ2) is 4.52. The molecule has 1 fully saturated rings. The van der Waals surface area contributed by atoms with Gasteiger partial charge in [0.1, 0.15) is 11.7 Å². The maximum Gasteiger partial charge on any atom is 0.310 e. The summed E-state index contributed by atoms with van der Waals surface area (Å²) >= 11 is 1.50. The summed E-state index contributed by atoms with van der Waals surface area (Å²) in [6.45, 7) is 2.10. The van der Waals surface area contributed by atoms with Crippen LogP contribution in [0.5, 0.6) is 0 Å². The van der Waals surface area contributed by atoms with Crippen LogP contribution in [0.25, 0.3) is 0 Å². The minimum atomic E-state index is -2.92. The Labute approximate surface area is 117 Å². The topological polar surface area (TPSA) is 63.2 Å². The largest absolute Gasteiger partial charge is 0.310 e. The zero-order valence-electron chi connectivity index (χ0n) is 10.7. The van der Waals surface area contributed by atoms with Crippen LogP contribution in [-0.2, 0) is 16.3 Å². The van der Waals surface area contributed by atoms with Gasteiger partial charge in [0.2, 0.25) is 0 Å². The minimum absolute atomic E-state index is 0.0114. The van der Waals surface area contributed by atoms with E-state index in [9.17, 15) is 8.42 Å². The van der Waals surface area contributed by atoms with Gasteiger partial charge in [0.05, 0.1) is 16.8 Å². The predicted octanol–water partition coefficient (Wildman–Crippen LogP) is 1.12. The second-order valence-electron chi connectivity index (χ2n) is 4.99. The summed E-state index contributed by atoms with van der Waals surface area (Å²) in [6, 6.07) is 8.07. The molecule has 1 aromatic rings. The first-order chi connectivity index (χ1) is 9.02. The Morgan fingerprint density at radius 3 is 2.84 bits per heavy atom. The van der Waals surface area contributed by atoms with Crippen molar-refractivity contribution in [1.29, 1.82) is 0 Å². The lowest BCUT2D eigenvalue weighted by molar-refractivity contribution is -0.471. The van der Waals surface area contributed by atoms with Gasteiger partial charge in [0.25, 0.3) is 0 Å². The van der Waals surface area contributed by atoms with E-state index in [1.807, 2.05) is 22.8 Å². The second-order valence-corrected chi connectivity index (χ2v) is 8.40. The van der Waals surface area contributed by atoms with E-state index in [-0.39, 0.29) is 22.8 Å². The molecule has 1 saturated heterocycles.